The van der Waals surface area contributed by atoms with Gasteiger partial charge in [-0.15, -0.1) is 0 Å². The average Bonchev–Trinajstić information content (AvgIpc) is 4.22. The fraction of sp³-hybridized carbons (Fsp3) is 0.409. The number of carbonyl (C=O) groups is 2. The van der Waals surface area contributed by atoms with E-state index in [1.54, 1.807) is 12.1 Å². The van der Waals surface area contributed by atoms with Crippen LogP contribution in [0.15, 0.2) is 64.4 Å². The van der Waals surface area contributed by atoms with Crippen molar-refractivity contribution in [2.75, 3.05) is 75.3 Å². The number of hydrogen-bond donors (Lipinski definition) is 4. The summed E-state index contributed by atoms with van der Waals surface area (Å²) in [5, 5.41) is 32.0. The molecule has 0 radical (unpaired) electrons. The van der Waals surface area contributed by atoms with Gasteiger partial charge in [0.1, 0.15) is 28.5 Å². The third-order valence-corrected chi connectivity index (χ3v) is 12.4. The largest absolute Gasteiger partial charge is 0.494 e. The number of carboxylic acid groups (broad SMARTS) is 2. The van der Waals surface area contributed by atoms with E-state index in [4.69, 9.17) is 9.39 Å². The predicted octanol–water partition coefficient (Wildman–Crippen LogP) is 3.57. The normalized spacial score (nSPS) is 17.9. The van der Waals surface area contributed by atoms with Crippen molar-refractivity contribution in [3.05, 3.63) is 104 Å². The molecule has 2 saturated heterocycles. The second-order valence-electron chi connectivity index (χ2n) is 16.6. The lowest BCUT2D eigenvalue weighted by molar-refractivity contribution is 0.0684. The maximum Gasteiger partial charge on any atom is 0.491 e. The van der Waals surface area contributed by atoms with E-state index in [1.165, 1.54) is 24.5 Å². The van der Waals surface area contributed by atoms with Crippen molar-refractivity contribution in [2.24, 2.45) is 0 Å². The molecule has 62 heavy (non-hydrogen) atoms. The van der Waals surface area contributed by atoms with Crippen LogP contribution < -0.4 is 36.2 Å². The van der Waals surface area contributed by atoms with E-state index in [0.717, 1.165) is 75.9 Å². The number of nitrogens with zero attached hydrogens (tertiary/aromatic N) is 5. The SMILES string of the molecule is O=C(O)c1cn(C2CC2)c2cc(N3CCN(CCCOc4ccc5c(c4)B(O)OC5)CC3)c(F)cc2c1=O.O=C(O)c1cn(C2CC2)c2cc(N3CCNCC3)c(F)cc2c1=O. The number of aromatic carboxylic acids is 2. The molecule has 10 rings (SSSR count). The maximum atomic E-state index is 15.2. The summed E-state index contributed by atoms with van der Waals surface area (Å²) in [6.45, 7) is 7.61. The van der Waals surface area contributed by atoms with Crippen LogP contribution in [0.25, 0.3) is 21.8 Å². The predicted molar refractivity (Wildman–Crippen MR) is 229 cm³/mol. The molecule has 3 aromatic carbocycles. The molecule has 0 atom stereocenters. The van der Waals surface area contributed by atoms with Gasteiger partial charge in [-0.3, -0.25) is 14.5 Å². The third kappa shape index (κ3) is 8.39. The number of ether oxygens (including phenoxy) is 1. The van der Waals surface area contributed by atoms with Crippen LogP contribution in [-0.2, 0) is 11.3 Å². The minimum Gasteiger partial charge on any atom is -0.494 e. The Kier molecular flexibility index (Phi) is 11.5. The van der Waals surface area contributed by atoms with Crippen molar-refractivity contribution in [3.63, 3.8) is 0 Å². The van der Waals surface area contributed by atoms with Crippen molar-refractivity contribution in [2.45, 2.75) is 50.8 Å². The molecular formula is C44H47BF2N6O9. The van der Waals surface area contributed by atoms with Crippen LogP contribution in [-0.4, -0.2) is 114 Å². The summed E-state index contributed by atoms with van der Waals surface area (Å²) in [6, 6.07) is 11.8. The minimum absolute atomic E-state index is 0.113. The number of rotatable bonds is 11. The first kappa shape index (κ1) is 41.5. The lowest BCUT2D eigenvalue weighted by atomic mass is 9.79. The molecule has 4 N–H and O–H groups in total. The fourth-order valence-electron chi connectivity index (χ4n) is 8.70. The number of benzene rings is 3. The number of halogens is 2. The standard InChI is InChI=1S/C27H29BFN3O6.C17H18FN3O3/c29-23-13-20-24(32(18-3-4-18)15-21(26(20)33)27(34)35)14-25(23)31-9-7-30(8-10-31)6-1-11-37-19-5-2-17-16-38-28(36)22(17)12-19;18-13-7-11-14(8-15(13)20-5-3-19-4-6-20)21(10-1-2-10)9-12(16(11)22)17(23)24/h2,5,12-15,18,36H,1,3-4,6-11,16H2,(H,34,35);7-10,19H,1-6H2,(H,23,24). The lowest BCUT2D eigenvalue weighted by Crippen LogP contribution is -2.47. The van der Waals surface area contributed by atoms with E-state index in [0.29, 0.717) is 67.6 Å². The number of nitrogens with one attached hydrogen (secondary N) is 1. The molecule has 0 bridgehead atoms. The number of aromatic nitrogens is 2. The highest BCUT2D eigenvalue weighted by atomic mass is 19.1. The van der Waals surface area contributed by atoms with Gasteiger partial charge >= 0.3 is 19.1 Å². The van der Waals surface area contributed by atoms with Crippen LogP contribution in [0, 0.1) is 11.6 Å². The van der Waals surface area contributed by atoms with Gasteiger partial charge in [-0.2, -0.15) is 0 Å². The molecule has 5 aromatic rings. The second kappa shape index (κ2) is 17.2. The second-order valence-corrected chi connectivity index (χ2v) is 16.6. The van der Waals surface area contributed by atoms with Crippen molar-refractivity contribution in [3.8, 4) is 5.75 Å². The lowest BCUT2D eigenvalue weighted by Gasteiger charge is -2.36. The van der Waals surface area contributed by atoms with Crippen LogP contribution in [0.2, 0.25) is 0 Å². The Morgan fingerprint density at radius 1 is 0.758 bits per heavy atom. The summed E-state index contributed by atoms with van der Waals surface area (Å²) in [7, 11) is -0.888. The first-order valence-electron chi connectivity index (χ1n) is 21.2. The number of hydrogen-bond acceptors (Lipinski definition) is 11. The zero-order valence-corrected chi connectivity index (χ0v) is 34.0. The molecule has 15 nitrogen and oxygen atoms in total. The minimum atomic E-state index is -1.29. The van der Waals surface area contributed by atoms with Gasteiger partial charge in [-0.05, 0) is 79.5 Å². The first-order chi connectivity index (χ1) is 29.9. The highest BCUT2D eigenvalue weighted by Crippen LogP contribution is 2.39. The van der Waals surface area contributed by atoms with Crippen molar-refractivity contribution in [1.29, 1.82) is 0 Å². The van der Waals surface area contributed by atoms with E-state index in [-0.39, 0.29) is 34.0 Å². The van der Waals surface area contributed by atoms with Gasteiger partial charge in [0.15, 0.2) is 0 Å². The molecule has 3 aliphatic heterocycles. The summed E-state index contributed by atoms with van der Waals surface area (Å²) in [5.74, 6) is -2.84. The number of pyridine rings is 2. The summed E-state index contributed by atoms with van der Waals surface area (Å²) in [5.41, 5.74) is 1.96. The zero-order chi connectivity index (χ0) is 43.2. The van der Waals surface area contributed by atoms with Gasteiger partial charge in [0, 0.05) is 94.2 Å². The Hall–Kier alpha value is -5.82. The average molecular weight is 853 g/mol. The number of piperazine rings is 2. The van der Waals surface area contributed by atoms with E-state index in [2.05, 4.69) is 10.2 Å². The molecule has 0 amide bonds. The summed E-state index contributed by atoms with van der Waals surface area (Å²) < 4.78 is 44.5. The molecule has 0 spiro atoms. The van der Waals surface area contributed by atoms with Gasteiger partial charge in [-0.25, -0.2) is 18.4 Å². The Morgan fingerprint density at radius 2 is 1.29 bits per heavy atom. The molecule has 2 saturated carbocycles. The van der Waals surface area contributed by atoms with Crippen LogP contribution >= 0.6 is 0 Å². The van der Waals surface area contributed by atoms with E-state index in [9.17, 15) is 38.8 Å². The smallest absolute Gasteiger partial charge is 0.491 e. The molecule has 5 heterocycles. The van der Waals surface area contributed by atoms with Crippen molar-refractivity contribution in [1.82, 2.24) is 19.4 Å². The maximum absolute atomic E-state index is 15.2. The molecule has 2 aromatic heterocycles. The first-order valence-corrected chi connectivity index (χ1v) is 21.2. The quantitative estimate of drug-likeness (QED) is 0.112. The van der Waals surface area contributed by atoms with E-state index < -0.39 is 41.5 Å². The van der Waals surface area contributed by atoms with Gasteiger partial charge in [0.2, 0.25) is 10.9 Å². The Labute approximate surface area is 354 Å². The Bertz CT molecular complexity index is 2690. The summed E-state index contributed by atoms with van der Waals surface area (Å²) >= 11 is 0. The summed E-state index contributed by atoms with van der Waals surface area (Å²) in [6.07, 6.45) is 7.36. The molecule has 4 fully saturated rings. The molecule has 2 aliphatic carbocycles. The van der Waals surface area contributed by atoms with Gasteiger partial charge < -0.3 is 48.9 Å². The number of carboxylic acids is 2. The van der Waals surface area contributed by atoms with Gasteiger partial charge in [0.05, 0.1) is 35.6 Å². The Balaban J connectivity index is 0.000000175. The highest BCUT2D eigenvalue weighted by Gasteiger charge is 2.31. The third-order valence-electron chi connectivity index (χ3n) is 12.4. The number of fused-ring (bicyclic) bond motifs is 3. The summed E-state index contributed by atoms with van der Waals surface area (Å²) in [4.78, 5) is 54.3. The van der Waals surface area contributed by atoms with Crippen LogP contribution in [0.4, 0.5) is 20.2 Å². The topological polar surface area (TPSA) is 179 Å². The van der Waals surface area contributed by atoms with Crippen LogP contribution in [0.1, 0.15) is 70.5 Å². The van der Waals surface area contributed by atoms with E-state index >= 15 is 4.39 Å². The molecule has 18 heteroatoms. The highest BCUT2D eigenvalue weighted by molar-refractivity contribution is 6.61. The Morgan fingerprint density at radius 3 is 1.81 bits per heavy atom. The molecule has 324 valence electrons. The monoisotopic (exact) mass is 852 g/mol. The zero-order valence-electron chi connectivity index (χ0n) is 34.0. The fourth-order valence-corrected chi connectivity index (χ4v) is 8.70. The molecular weight excluding hydrogens is 805 g/mol. The molecule has 0 unspecified atom stereocenters. The molecule has 5 aliphatic rings. The van der Waals surface area contributed by atoms with Crippen LogP contribution in [0.3, 0.4) is 0 Å². The van der Waals surface area contributed by atoms with Crippen LogP contribution in [0.5, 0.6) is 5.75 Å². The van der Waals surface area contributed by atoms with Crippen molar-refractivity contribution >= 4 is 57.7 Å². The van der Waals surface area contributed by atoms with E-state index in [1.807, 2.05) is 37.1 Å². The van der Waals surface area contributed by atoms with Crippen molar-refractivity contribution < 1.29 is 43.0 Å². The van der Waals surface area contributed by atoms with Gasteiger partial charge in [-0.1, -0.05) is 6.07 Å². The van der Waals surface area contributed by atoms with Gasteiger partial charge in [0.25, 0.3) is 0 Å². The number of anilines is 2.